The number of methoxy groups -OCH3 is 2. The zero-order chi connectivity index (χ0) is 18.5. The number of H-pyrrole nitrogens is 1. The summed E-state index contributed by atoms with van der Waals surface area (Å²) in [6.07, 6.45) is 0. The van der Waals surface area contributed by atoms with Crippen molar-refractivity contribution >= 4 is 11.6 Å². The molecule has 0 atom stereocenters. The SMILES string of the molecule is COc1ccc(-c2nc(Nc3cccc(OC)c3)[nH]c(=O)c2C#N)cc1. The molecule has 2 N–H and O–H groups in total. The summed E-state index contributed by atoms with van der Waals surface area (Å²) in [6, 6.07) is 16.1. The summed E-state index contributed by atoms with van der Waals surface area (Å²) in [5, 5.41) is 12.4. The predicted molar refractivity (Wildman–Crippen MR) is 97.8 cm³/mol. The van der Waals surface area contributed by atoms with Crippen LogP contribution in [0.4, 0.5) is 11.6 Å². The molecule has 0 unspecified atom stereocenters. The molecule has 3 aromatic rings. The lowest BCUT2D eigenvalue weighted by Gasteiger charge is -2.10. The third-order valence-corrected chi connectivity index (χ3v) is 3.73. The van der Waals surface area contributed by atoms with Crippen LogP contribution in [0.25, 0.3) is 11.3 Å². The van der Waals surface area contributed by atoms with Gasteiger partial charge in [0.2, 0.25) is 5.95 Å². The Hall–Kier alpha value is -3.79. The van der Waals surface area contributed by atoms with Crippen LogP contribution in [-0.2, 0) is 0 Å². The molecular weight excluding hydrogens is 332 g/mol. The quantitative estimate of drug-likeness (QED) is 0.735. The largest absolute Gasteiger partial charge is 0.497 e. The average Bonchev–Trinajstić information content (AvgIpc) is 2.68. The fourth-order valence-corrected chi connectivity index (χ4v) is 2.43. The molecule has 7 nitrogen and oxygen atoms in total. The van der Waals surface area contributed by atoms with Gasteiger partial charge in [-0.1, -0.05) is 6.07 Å². The summed E-state index contributed by atoms with van der Waals surface area (Å²) < 4.78 is 10.3. The van der Waals surface area contributed by atoms with Crippen LogP contribution >= 0.6 is 0 Å². The van der Waals surface area contributed by atoms with E-state index in [4.69, 9.17) is 9.47 Å². The molecule has 0 spiro atoms. The first-order valence-electron chi connectivity index (χ1n) is 7.74. The van der Waals surface area contributed by atoms with Crippen molar-refractivity contribution in [2.75, 3.05) is 19.5 Å². The van der Waals surface area contributed by atoms with Gasteiger partial charge < -0.3 is 14.8 Å². The van der Waals surface area contributed by atoms with E-state index in [0.29, 0.717) is 28.4 Å². The highest BCUT2D eigenvalue weighted by molar-refractivity contribution is 5.68. The predicted octanol–water partition coefficient (Wildman–Crippen LogP) is 3.07. The molecule has 1 heterocycles. The summed E-state index contributed by atoms with van der Waals surface area (Å²) in [7, 11) is 3.14. The Bertz CT molecular complexity index is 1020. The Morgan fingerprint density at radius 1 is 1.08 bits per heavy atom. The number of ether oxygens (including phenoxy) is 2. The Kier molecular flexibility index (Phi) is 4.85. The highest BCUT2D eigenvalue weighted by atomic mass is 16.5. The van der Waals surface area contributed by atoms with Crippen molar-refractivity contribution in [1.29, 1.82) is 5.26 Å². The zero-order valence-electron chi connectivity index (χ0n) is 14.2. The van der Waals surface area contributed by atoms with Gasteiger partial charge >= 0.3 is 0 Å². The van der Waals surface area contributed by atoms with Gasteiger partial charge in [0.15, 0.2) is 0 Å². The minimum absolute atomic E-state index is 0.0497. The van der Waals surface area contributed by atoms with Crippen molar-refractivity contribution in [2.45, 2.75) is 0 Å². The summed E-state index contributed by atoms with van der Waals surface area (Å²) in [5.41, 5.74) is 1.06. The fraction of sp³-hybridized carbons (Fsp3) is 0.105. The molecule has 0 aliphatic rings. The first-order chi connectivity index (χ1) is 12.6. The van der Waals surface area contributed by atoms with Gasteiger partial charge in [-0.05, 0) is 36.4 Å². The van der Waals surface area contributed by atoms with Gasteiger partial charge in [-0.2, -0.15) is 5.26 Å². The Morgan fingerprint density at radius 3 is 2.46 bits per heavy atom. The van der Waals surface area contributed by atoms with Gasteiger partial charge in [-0.15, -0.1) is 0 Å². The summed E-state index contributed by atoms with van der Waals surface area (Å²) >= 11 is 0. The van der Waals surface area contributed by atoms with Crippen molar-refractivity contribution < 1.29 is 9.47 Å². The van der Waals surface area contributed by atoms with Crippen LogP contribution in [0.3, 0.4) is 0 Å². The van der Waals surface area contributed by atoms with E-state index in [1.165, 1.54) is 0 Å². The van der Waals surface area contributed by atoms with E-state index in [1.54, 1.807) is 44.6 Å². The molecular formula is C19H16N4O3. The van der Waals surface area contributed by atoms with Crippen molar-refractivity contribution in [2.24, 2.45) is 0 Å². The number of aromatic nitrogens is 2. The highest BCUT2D eigenvalue weighted by Gasteiger charge is 2.14. The minimum Gasteiger partial charge on any atom is -0.497 e. The lowest BCUT2D eigenvalue weighted by atomic mass is 10.1. The van der Waals surface area contributed by atoms with Crippen LogP contribution in [0, 0.1) is 11.3 Å². The van der Waals surface area contributed by atoms with Crippen LogP contribution in [0.15, 0.2) is 53.3 Å². The third-order valence-electron chi connectivity index (χ3n) is 3.73. The Labute approximate surface area is 149 Å². The maximum atomic E-state index is 12.3. The molecule has 3 rings (SSSR count). The second kappa shape index (κ2) is 7.40. The van der Waals surface area contributed by atoms with Crippen LogP contribution in [-0.4, -0.2) is 24.2 Å². The van der Waals surface area contributed by atoms with Gasteiger partial charge in [-0.3, -0.25) is 9.78 Å². The van der Waals surface area contributed by atoms with Gasteiger partial charge in [-0.25, -0.2) is 4.98 Å². The topological polar surface area (TPSA) is 100 Å². The zero-order valence-corrected chi connectivity index (χ0v) is 14.2. The maximum Gasteiger partial charge on any atom is 0.270 e. The molecule has 0 aliphatic carbocycles. The molecule has 0 bridgehead atoms. The van der Waals surface area contributed by atoms with Crippen LogP contribution in [0.2, 0.25) is 0 Å². The van der Waals surface area contributed by atoms with E-state index >= 15 is 0 Å². The molecule has 0 saturated heterocycles. The minimum atomic E-state index is -0.515. The van der Waals surface area contributed by atoms with Crippen LogP contribution in [0.1, 0.15) is 5.56 Å². The lowest BCUT2D eigenvalue weighted by molar-refractivity contribution is 0.415. The third kappa shape index (κ3) is 3.49. The number of anilines is 2. The van der Waals surface area contributed by atoms with Crippen LogP contribution < -0.4 is 20.3 Å². The van der Waals surface area contributed by atoms with E-state index in [2.05, 4.69) is 15.3 Å². The molecule has 130 valence electrons. The second-order valence-electron chi connectivity index (χ2n) is 5.34. The van der Waals surface area contributed by atoms with Crippen LogP contribution in [0.5, 0.6) is 11.5 Å². The standard InChI is InChI=1S/C19H16N4O3/c1-25-14-8-6-12(7-9-14)17-16(11-20)18(24)23-19(22-17)21-13-4-3-5-15(10-13)26-2/h3-10H,1-2H3,(H2,21,22,23,24). The Morgan fingerprint density at radius 2 is 1.81 bits per heavy atom. The lowest BCUT2D eigenvalue weighted by Crippen LogP contribution is -2.16. The number of nitrogens with zero attached hydrogens (tertiary/aromatic N) is 2. The molecule has 0 amide bonds. The molecule has 0 aliphatic heterocycles. The monoisotopic (exact) mass is 348 g/mol. The van der Waals surface area contributed by atoms with Crippen molar-refractivity contribution in [3.63, 3.8) is 0 Å². The van der Waals surface area contributed by atoms with E-state index in [9.17, 15) is 10.1 Å². The van der Waals surface area contributed by atoms with Crippen molar-refractivity contribution in [3.05, 3.63) is 64.4 Å². The molecule has 7 heteroatoms. The number of aromatic amines is 1. The fourth-order valence-electron chi connectivity index (χ4n) is 2.43. The van der Waals surface area contributed by atoms with E-state index in [0.717, 1.165) is 0 Å². The van der Waals surface area contributed by atoms with Gasteiger partial charge in [0.05, 0.1) is 19.9 Å². The molecule has 0 saturated carbocycles. The van der Waals surface area contributed by atoms with Gasteiger partial charge in [0, 0.05) is 17.3 Å². The van der Waals surface area contributed by atoms with E-state index in [-0.39, 0.29) is 11.5 Å². The number of nitrogens with one attached hydrogen (secondary N) is 2. The maximum absolute atomic E-state index is 12.3. The molecule has 0 radical (unpaired) electrons. The Balaban J connectivity index is 2.03. The first-order valence-corrected chi connectivity index (χ1v) is 7.74. The molecule has 1 aromatic heterocycles. The number of hydrogen-bond acceptors (Lipinski definition) is 6. The van der Waals surface area contributed by atoms with E-state index < -0.39 is 5.56 Å². The molecule has 0 fully saturated rings. The number of rotatable bonds is 5. The van der Waals surface area contributed by atoms with Gasteiger partial charge in [0.25, 0.3) is 5.56 Å². The summed E-state index contributed by atoms with van der Waals surface area (Å²) in [6.45, 7) is 0. The highest BCUT2D eigenvalue weighted by Crippen LogP contribution is 2.24. The van der Waals surface area contributed by atoms with E-state index in [1.807, 2.05) is 24.3 Å². The van der Waals surface area contributed by atoms with Gasteiger partial charge in [0.1, 0.15) is 23.1 Å². The molecule has 26 heavy (non-hydrogen) atoms. The number of benzene rings is 2. The second-order valence-corrected chi connectivity index (χ2v) is 5.34. The average molecular weight is 348 g/mol. The normalized spacial score (nSPS) is 10.0. The smallest absolute Gasteiger partial charge is 0.270 e. The molecule has 2 aromatic carbocycles. The van der Waals surface area contributed by atoms with Crippen molar-refractivity contribution in [1.82, 2.24) is 9.97 Å². The summed E-state index contributed by atoms with van der Waals surface area (Å²) in [5.74, 6) is 1.57. The van der Waals surface area contributed by atoms with Crippen molar-refractivity contribution in [3.8, 4) is 28.8 Å². The first kappa shape index (κ1) is 17.0. The summed E-state index contributed by atoms with van der Waals surface area (Å²) in [4.78, 5) is 19.3. The number of nitriles is 1. The number of hydrogen-bond donors (Lipinski definition) is 2.